The Morgan fingerprint density at radius 1 is 1.06 bits per heavy atom. The Balaban J connectivity index is 2.16. The predicted octanol–water partition coefficient (Wildman–Crippen LogP) is 2.51. The first-order valence-electron chi connectivity index (χ1n) is 9.37. The minimum absolute atomic E-state index is 0.0359. The molecule has 0 amide bonds. The molecule has 0 spiro atoms. The number of fused-ring (bicyclic) bond motifs is 1. The number of rotatable bonds is 3. The van der Waals surface area contributed by atoms with Gasteiger partial charge in [0.1, 0.15) is 22.6 Å². The number of H-pyrrole nitrogens is 1. The molecule has 0 aliphatic heterocycles. The second-order valence-electron chi connectivity index (χ2n) is 7.24. The summed E-state index contributed by atoms with van der Waals surface area (Å²) >= 11 is 0. The van der Waals surface area contributed by atoms with Gasteiger partial charge < -0.3 is 10.5 Å². The van der Waals surface area contributed by atoms with Crippen LogP contribution in [0.25, 0.3) is 16.7 Å². The first kappa shape index (κ1) is 20.1. The zero-order valence-corrected chi connectivity index (χ0v) is 17.0. The normalized spacial score (nSPS) is 11.1. The number of hydrogen-bond acceptors (Lipinski definition) is 5. The first-order valence-corrected chi connectivity index (χ1v) is 9.37. The highest BCUT2D eigenvalue weighted by molar-refractivity contribution is 5.84. The molecule has 0 aliphatic rings. The molecule has 0 unspecified atom stereocenters. The molecule has 0 saturated heterocycles. The van der Waals surface area contributed by atoms with E-state index in [1.807, 2.05) is 0 Å². The molecule has 0 aliphatic carbocycles. The first-order chi connectivity index (χ1) is 14.7. The number of aromatic nitrogens is 3. The molecule has 3 N–H and O–H groups in total. The maximum absolute atomic E-state index is 14.8. The van der Waals surface area contributed by atoms with Crippen molar-refractivity contribution in [2.45, 2.75) is 13.8 Å². The Morgan fingerprint density at radius 2 is 1.81 bits per heavy atom. The van der Waals surface area contributed by atoms with Gasteiger partial charge in [-0.05, 0) is 43.7 Å². The van der Waals surface area contributed by atoms with Crippen molar-refractivity contribution in [2.24, 2.45) is 7.05 Å². The molecular formula is C22H19FN4O4. The number of ether oxygens (including phenoxy) is 1. The van der Waals surface area contributed by atoms with Gasteiger partial charge >= 0.3 is 5.69 Å². The molecule has 4 aromatic rings. The minimum atomic E-state index is -0.881. The number of nitrogens with zero attached hydrogens (tertiary/aromatic N) is 2. The molecule has 2 aromatic heterocycles. The topological polar surface area (TPSA) is 112 Å². The monoisotopic (exact) mass is 422 g/mol. The summed E-state index contributed by atoms with van der Waals surface area (Å²) in [6.07, 6.45) is 0. The van der Waals surface area contributed by atoms with Crippen molar-refractivity contribution < 1.29 is 9.13 Å². The standard InChI is InChI=1S/C22H19FN4O4/c1-11-7-8-16(15(23)9-11)27-20-17(19(28)25-22(27)30)18(12(2)21(29)26(20)3)31-14-6-4-5-13(24)10-14/h4-10H,24H2,1-3H3,(H,25,28,30). The predicted molar refractivity (Wildman–Crippen MR) is 116 cm³/mol. The van der Waals surface area contributed by atoms with Gasteiger partial charge in [0.2, 0.25) is 0 Å². The maximum atomic E-state index is 14.8. The molecule has 0 bridgehead atoms. The van der Waals surface area contributed by atoms with E-state index in [0.29, 0.717) is 17.0 Å². The summed E-state index contributed by atoms with van der Waals surface area (Å²) in [4.78, 5) is 40.7. The van der Waals surface area contributed by atoms with Gasteiger partial charge in [0.05, 0.1) is 11.3 Å². The maximum Gasteiger partial charge on any atom is 0.334 e. The fraction of sp³-hybridized carbons (Fsp3) is 0.136. The molecule has 158 valence electrons. The third kappa shape index (κ3) is 3.29. The number of hydrogen-bond donors (Lipinski definition) is 2. The lowest BCUT2D eigenvalue weighted by Crippen LogP contribution is -2.35. The average Bonchev–Trinajstić information content (AvgIpc) is 2.70. The van der Waals surface area contributed by atoms with Crippen LogP contribution in [0.15, 0.2) is 56.8 Å². The van der Waals surface area contributed by atoms with E-state index in [0.717, 1.165) is 9.13 Å². The van der Waals surface area contributed by atoms with Gasteiger partial charge in [0, 0.05) is 18.8 Å². The molecule has 31 heavy (non-hydrogen) atoms. The third-order valence-corrected chi connectivity index (χ3v) is 5.02. The van der Waals surface area contributed by atoms with Crippen molar-refractivity contribution in [3.8, 4) is 17.2 Å². The number of halogens is 1. The van der Waals surface area contributed by atoms with Gasteiger partial charge in [0.25, 0.3) is 11.1 Å². The molecule has 0 atom stereocenters. The summed E-state index contributed by atoms with van der Waals surface area (Å²) in [5.41, 5.74) is 4.68. The average molecular weight is 422 g/mol. The van der Waals surface area contributed by atoms with E-state index in [9.17, 15) is 18.8 Å². The van der Waals surface area contributed by atoms with Crippen LogP contribution in [0.2, 0.25) is 0 Å². The number of benzene rings is 2. The molecule has 2 aromatic carbocycles. The zero-order valence-electron chi connectivity index (χ0n) is 17.0. The third-order valence-electron chi connectivity index (χ3n) is 5.02. The Kier molecular flexibility index (Phi) is 4.73. The van der Waals surface area contributed by atoms with Crippen LogP contribution in [0, 0.1) is 19.7 Å². The summed E-state index contributed by atoms with van der Waals surface area (Å²) in [7, 11) is 1.41. The van der Waals surface area contributed by atoms with Gasteiger partial charge in [-0.15, -0.1) is 0 Å². The number of pyridine rings is 1. The second-order valence-corrected chi connectivity index (χ2v) is 7.24. The largest absolute Gasteiger partial charge is 0.456 e. The lowest BCUT2D eigenvalue weighted by Gasteiger charge is -2.18. The molecule has 2 heterocycles. The highest BCUT2D eigenvalue weighted by atomic mass is 19.1. The Morgan fingerprint density at radius 3 is 2.48 bits per heavy atom. The van der Waals surface area contributed by atoms with Crippen molar-refractivity contribution in [2.75, 3.05) is 5.73 Å². The van der Waals surface area contributed by atoms with Crippen LogP contribution in [-0.4, -0.2) is 14.1 Å². The second kappa shape index (κ2) is 7.28. The number of nitrogens with one attached hydrogen (secondary N) is 1. The van der Waals surface area contributed by atoms with Crippen LogP contribution in [0.3, 0.4) is 0 Å². The van der Waals surface area contributed by atoms with E-state index in [1.165, 1.54) is 32.2 Å². The summed E-state index contributed by atoms with van der Waals surface area (Å²) < 4.78 is 22.7. The Labute approximate surface area is 175 Å². The van der Waals surface area contributed by atoms with Gasteiger partial charge in [0.15, 0.2) is 5.75 Å². The van der Waals surface area contributed by atoms with Gasteiger partial charge in [-0.2, -0.15) is 0 Å². The Bertz CT molecular complexity index is 1530. The van der Waals surface area contributed by atoms with Crippen molar-refractivity contribution >= 4 is 16.7 Å². The highest BCUT2D eigenvalue weighted by Gasteiger charge is 2.23. The number of nitrogen functional groups attached to an aromatic ring is 1. The SMILES string of the molecule is Cc1ccc(-n2c(=O)[nH]c(=O)c3c(Oc4cccc(N)c4)c(C)c(=O)n(C)c32)c(F)c1. The lowest BCUT2D eigenvalue weighted by atomic mass is 10.1. The molecule has 0 fully saturated rings. The molecule has 4 rings (SSSR count). The van der Waals surface area contributed by atoms with E-state index >= 15 is 0 Å². The number of anilines is 1. The number of nitrogens with two attached hydrogens (primary N) is 1. The quantitative estimate of drug-likeness (QED) is 0.493. The van der Waals surface area contributed by atoms with Crippen LogP contribution >= 0.6 is 0 Å². The molecule has 9 heteroatoms. The van der Waals surface area contributed by atoms with Crippen LogP contribution in [0.4, 0.5) is 10.1 Å². The summed E-state index contributed by atoms with van der Waals surface area (Å²) in [5.74, 6) is -0.413. The van der Waals surface area contributed by atoms with Crippen molar-refractivity contribution in [3.63, 3.8) is 0 Å². The fourth-order valence-corrected chi connectivity index (χ4v) is 3.52. The van der Waals surface area contributed by atoms with E-state index in [2.05, 4.69) is 4.98 Å². The van der Waals surface area contributed by atoms with E-state index in [4.69, 9.17) is 10.5 Å². The molecule has 0 saturated carbocycles. The summed E-state index contributed by atoms with van der Waals surface area (Å²) in [5, 5.41) is -0.0680. The number of aryl methyl sites for hydroxylation is 2. The lowest BCUT2D eigenvalue weighted by molar-refractivity contribution is 0.481. The summed E-state index contributed by atoms with van der Waals surface area (Å²) in [6.45, 7) is 3.21. The van der Waals surface area contributed by atoms with Crippen molar-refractivity contribution in [3.05, 3.63) is 90.6 Å². The van der Waals surface area contributed by atoms with Crippen molar-refractivity contribution in [1.82, 2.24) is 14.1 Å². The van der Waals surface area contributed by atoms with Gasteiger partial charge in [-0.1, -0.05) is 12.1 Å². The molecular weight excluding hydrogens is 403 g/mol. The highest BCUT2D eigenvalue weighted by Crippen LogP contribution is 2.30. The number of aromatic amines is 1. The van der Waals surface area contributed by atoms with Gasteiger partial charge in [-0.3, -0.25) is 19.1 Å². The fourth-order valence-electron chi connectivity index (χ4n) is 3.52. The molecule has 8 nitrogen and oxygen atoms in total. The van der Waals surface area contributed by atoms with Crippen LogP contribution in [-0.2, 0) is 7.05 Å². The van der Waals surface area contributed by atoms with Crippen LogP contribution < -0.4 is 27.3 Å². The smallest absolute Gasteiger partial charge is 0.334 e. The minimum Gasteiger partial charge on any atom is -0.456 e. The van der Waals surface area contributed by atoms with E-state index < -0.39 is 22.6 Å². The Hall–Kier alpha value is -4.14. The molecule has 0 radical (unpaired) electrons. The van der Waals surface area contributed by atoms with E-state index in [1.54, 1.807) is 31.2 Å². The van der Waals surface area contributed by atoms with Crippen LogP contribution in [0.5, 0.6) is 11.5 Å². The summed E-state index contributed by atoms with van der Waals surface area (Å²) in [6, 6.07) is 10.8. The van der Waals surface area contributed by atoms with Crippen LogP contribution in [0.1, 0.15) is 11.1 Å². The van der Waals surface area contributed by atoms with Gasteiger partial charge in [-0.25, -0.2) is 13.8 Å². The van der Waals surface area contributed by atoms with Crippen molar-refractivity contribution in [1.29, 1.82) is 0 Å². The van der Waals surface area contributed by atoms with E-state index in [-0.39, 0.29) is 28.0 Å². The zero-order chi connectivity index (χ0) is 22.4.